The van der Waals surface area contributed by atoms with Gasteiger partial charge in [0.1, 0.15) is 5.54 Å². The number of nitrogens with two attached hydrogens (primary N) is 2. The normalized spacial score (nSPS) is 20.0. The third-order valence-corrected chi connectivity index (χ3v) is 3.03. The molecule has 0 aromatic carbocycles. The number of nitrogens with one attached hydrogen (secondary N) is 1. The third-order valence-electron chi connectivity index (χ3n) is 2.06. The largest absolute Gasteiger partial charge is 0.433 e. The van der Waals surface area contributed by atoms with E-state index in [2.05, 4.69) is 0 Å². The van der Waals surface area contributed by atoms with Gasteiger partial charge in [0.2, 0.25) is 9.51 Å². The number of carbonyl (C=O) groups excluding carboxylic acids is 1. The maximum absolute atomic E-state index is 12.6. The van der Waals surface area contributed by atoms with Crippen molar-refractivity contribution in [1.29, 1.82) is 0 Å². The highest BCUT2D eigenvalue weighted by molar-refractivity contribution is 14.1. The second kappa shape index (κ2) is 5.10. The molecule has 6 nitrogen and oxygen atoms in total. The molecule has 16 heavy (non-hydrogen) atoms. The fourth-order valence-corrected chi connectivity index (χ4v) is 1.61. The maximum Gasteiger partial charge on any atom is 0.433 e. The summed E-state index contributed by atoms with van der Waals surface area (Å²) in [5, 5.41) is 19.2. The molecule has 0 rings (SSSR count). The van der Waals surface area contributed by atoms with Crippen molar-refractivity contribution in [1.82, 2.24) is 5.32 Å². The zero-order valence-corrected chi connectivity index (χ0v) is 10.0. The summed E-state index contributed by atoms with van der Waals surface area (Å²) in [5.74, 6) is 0. The first kappa shape index (κ1) is 16.0. The van der Waals surface area contributed by atoms with Crippen LogP contribution in [0.2, 0.25) is 0 Å². The fraction of sp³-hybridized carbons (Fsp3) is 0.833. The van der Waals surface area contributed by atoms with Gasteiger partial charge in [-0.2, -0.15) is 13.2 Å². The minimum absolute atomic E-state index is 0.947. The Balaban J connectivity index is 5.58. The van der Waals surface area contributed by atoms with Crippen LogP contribution in [0.5, 0.6) is 0 Å². The molecule has 0 aliphatic heterocycles. The molecule has 0 saturated carbocycles. The molecule has 0 spiro atoms. The molecule has 0 bridgehead atoms. The molecule has 0 aliphatic rings. The molecule has 0 heterocycles. The van der Waals surface area contributed by atoms with E-state index in [1.165, 1.54) is 5.32 Å². The summed E-state index contributed by atoms with van der Waals surface area (Å²) >= 11 is 1.00. The highest BCUT2D eigenvalue weighted by Gasteiger charge is 2.67. The average molecular weight is 357 g/mol. The number of carbonyl (C=O) groups is 1. The second-order valence-corrected chi connectivity index (χ2v) is 3.97. The summed E-state index contributed by atoms with van der Waals surface area (Å²) in [7, 11) is 0. The van der Waals surface area contributed by atoms with Gasteiger partial charge in [-0.25, -0.2) is 0 Å². The van der Waals surface area contributed by atoms with Gasteiger partial charge in [0, 0.05) is 29.1 Å². The van der Waals surface area contributed by atoms with E-state index in [-0.39, 0.29) is 0 Å². The minimum Gasteiger partial charge on any atom is -0.381 e. The van der Waals surface area contributed by atoms with Crippen molar-refractivity contribution in [3.8, 4) is 0 Å². The Hall–Kier alpha value is -0.0100. The smallest absolute Gasteiger partial charge is 0.381 e. The summed E-state index contributed by atoms with van der Waals surface area (Å²) in [4.78, 5) is 11.1. The van der Waals surface area contributed by atoms with Gasteiger partial charge in [0.05, 0.1) is 6.73 Å². The summed E-state index contributed by atoms with van der Waals surface area (Å²) in [5.41, 5.74) is 3.58. The van der Waals surface area contributed by atoms with Gasteiger partial charge in [0.15, 0.2) is 0 Å². The van der Waals surface area contributed by atoms with E-state index in [1.807, 2.05) is 0 Å². The molecule has 96 valence electrons. The zero-order valence-electron chi connectivity index (χ0n) is 7.88. The van der Waals surface area contributed by atoms with E-state index in [9.17, 15) is 23.1 Å². The van der Waals surface area contributed by atoms with E-state index in [0.29, 0.717) is 0 Å². The third kappa shape index (κ3) is 2.46. The number of halogens is 4. The molecule has 2 atom stereocenters. The number of hydrogen-bond acceptors (Lipinski definition) is 6. The van der Waals surface area contributed by atoms with Crippen LogP contribution in [-0.4, -0.2) is 44.7 Å². The van der Waals surface area contributed by atoms with E-state index in [4.69, 9.17) is 16.6 Å². The van der Waals surface area contributed by atoms with Gasteiger partial charge >= 0.3 is 6.18 Å². The van der Waals surface area contributed by atoms with Gasteiger partial charge < -0.3 is 21.7 Å². The molecule has 0 fully saturated rings. The van der Waals surface area contributed by atoms with Crippen LogP contribution in [-0.2, 0) is 4.79 Å². The van der Waals surface area contributed by atoms with Crippen molar-refractivity contribution in [3.63, 3.8) is 0 Å². The molecule has 10 heteroatoms. The Morgan fingerprint density at radius 2 is 1.88 bits per heavy atom. The first-order valence-electron chi connectivity index (χ1n) is 3.90. The van der Waals surface area contributed by atoms with Crippen LogP contribution in [0.1, 0.15) is 0 Å². The van der Waals surface area contributed by atoms with Gasteiger partial charge in [-0.3, -0.25) is 10.1 Å². The van der Waals surface area contributed by atoms with Gasteiger partial charge in [0.25, 0.3) is 0 Å². The Labute approximate surface area is 102 Å². The molecule has 0 saturated heterocycles. The van der Waals surface area contributed by atoms with Crippen molar-refractivity contribution in [2.75, 3.05) is 13.3 Å². The number of aliphatic hydroxyl groups excluding tert-OH is 1. The molecule has 0 aromatic rings. The Kier molecular flexibility index (Phi) is 5.09. The van der Waals surface area contributed by atoms with E-state index >= 15 is 0 Å². The minimum atomic E-state index is -5.27. The molecule has 2 unspecified atom stereocenters. The molecule has 0 radical (unpaired) electrons. The first-order valence-corrected chi connectivity index (χ1v) is 4.98. The second-order valence-electron chi connectivity index (χ2n) is 2.99. The van der Waals surface area contributed by atoms with Crippen LogP contribution >= 0.6 is 22.6 Å². The lowest BCUT2D eigenvalue weighted by molar-refractivity contribution is -0.294. The standard InChI is InChI=1S/C6H11F3IN3O3/c7-6(8,9)5(16,13-2-14)4(12,1-11)3(10)15/h13-14,16H,1-2,11-12H2. The zero-order chi connectivity index (χ0) is 13.2. The quantitative estimate of drug-likeness (QED) is 0.229. The molecular weight excluding hydrogens is 346 g/mol. The maximum atomic E-state index is 12.6. The summed E-state index contributed by atoms with van der Waals surface area (Å²) in [6, 6.07) is 0. The van der Waals surface area contributed by atoms with Crippen molar-refractivity contribution in [3.05, 3.63) is 0 Å². The fourth-order valence-electron chi connectivity index (χ4n) is 0.995. The van der Waals surface area contributed by atoms with Crippen LogP contribution in [0.15, 0.2) is 0 Å². The summed E-state index contributed by atoms with van der Waals surface area (Å²) in [6.07, 6.45) is -5.27. The number of aliphatic hydroxyl groups is 2. The Bertz CT molecular complexity index is 277. The topological polar surface area (TPSA) is 122 Å². The van der Waals surface area contributed by atoms with E-state index in [1.54, 1.807) is 0 Å². The lowest BCUT2D eigenvalue weighted by Gasteiger charge is -2.42. The summed E-state index contributed by atoms with van der Waals surface area (Å²) in [6.45, 7) is -2.17. The SMILES string of the molecule is NCC(N)(C(=O)I)C(O)(NCO)C(F)(F)F. The number of rotatable bonds is 5. The van der Waals surface area contributed by atoms with Crippen molar-refractivity contribution < 1.29 is 28.2 Å². The lowest BCUT2D eigenvalue weighted by atomic mass is 9.88. The van der Waals surface area contributed by atoms with Gasteiger partial charge in [-0.15, -0.1) is 0 Å². The van der Waals surface area contributed by atoms with Gasteiger partial charge in [-0.1, -0.05) is 0 Å². The highest BCUT2D eigenvalue weighted by Crippen LogP contribution is 2.36. The molecule has 0 aromatic heterocycles. The molecule has 0 amide bonds. The molecule has 0 aliphatic carbocycles. The van der Waals surface area contributed by atoms with Crippen LogP contribution in [0.25, 0.3) is 0 Å². The molecule has 7 N–H and O–H groups in total. The van der Waals surface area contributed by atoms with E-state index in [0.717, 1.165) is 22.6 Å². The lowest BCUT2D eigenvalue weighted by Crippen LogP contribution is -2.79. The van der Waals surface area contributed by atoms with Crippen molar-refractivity contribution in [2.24, 2.45) is 11.5 Å². The average Bonchev–Trinajstić information content (AvgIpc) is 2.14. The van der Waals surface area contributed by atoms with Crippen LogP contribution in [0.4, 0.5) is 13.2 Å². The highest BCUT2D eigenvalue weighted by atomic mass is 127. The van der Waals surface area contributed by atoms with Crippen molar-refractivity contribution in [2.45, 2.75) is 17.4 Å². The van der Waals surface area contributed by atoms with Gasteiger partial charge in [-0.05, 0) is 0 Å². The van der Waals surface area contributed by atoms with Crippen LogP contribution < -0.4 is 16.8 Å². The Morgan fingerprint density at radius 3 is 2.06 bits per heavy atom. The molecular formula is C6H11F3IN3O3. The van der Waals surface area contributed by atoms with E-state index < -0.39 is 34.5 Å². The number of hydrogen-bond donors (Lipinski definition) is 5. The van der Waals surface area contributed by atoms with Crippen LogP contribution in [0, 0.1) is 0 Å². The predicted molar refractivity (Wildman–Crippen MR) is 56.2 cm³/mol. The monoisotopic (exact) mass is 357 g/mol. The summed E-state index contributed by atoms with van der Waals surface area (Å²) < 4.78 is 36.7. The predicted octanol–water partition coefficient (Wildman–Crippen LogP) is -1.61. The number of alkyl halides is 3. The van der Waals surface area contributed by atoms with Crippen molar-refractivity contribution >= 4 is 26.4 Å². The Morgan fingerprint density at radius 1 is 1.44 bits per heavy atom. The first-order chi connectivity index (χ1) is 7.06. The van der Waals surface area contributed by atoms with Crippen LogP contribution in [0.3, 0.4) is 0 Å².